The predicted molar refractivity (Wildman–Crippen MR) is 81.9 cm³/mol. The maximum atomic E-state index is 11.5. The quantitative estimate of drug-likeness (QED) is 0.765. The molecule has 21 heavy (non-hydrogen) atoms. The van der Waals surface area contributed by atoms with Crippen LogP contribution in [-0.4, -0.2) is 23.2 Å². The lowest BCUT2D eigenvalue weighted by Crippen LogP contribution is -2.10. The highest BCUT2D eigenvalue weighted by Crippen LogP contribution is 2.16. The van der Waals surface area contributed by atoms with Crippen LogP contribution in [0.25, 0.3) is 0 Å². The molecule has 2 aromatic rings. The molecule has 0 aliphatic carbocycles. The van der Waals surface area contributed by atoms with Crippen LogP contribution < -0.4 is 0 Å². The Morgan fingerprint density at radius 1 is 1.24 bits per heavy atom. The van der Waals surface area contributed by atoms with E-state index >= 15 is 0 Å². The second-order valence-corrected chi connectivity index (χ2v) is 7.44. The Bertz CT molecular complexity index is 726. The van der Waals surface area contributed by atoms with E-state index in [-0.39, 0.29) is 5.16 Å². The molecular weight excluding hydrogens is 310 g/mol. The summed E-state index contributed by atoms with van der Waals surface area (Å²) < 4.78 is 24.6. The summed E-state index contributed by atoms with van der Waals surface area (Å²) in [5.74, 6) is 0.651. The third kappa shape index (κ3) is 4.04. The largest absolute Gasteiger partial charge is 0.301 e. The third-order valence-electron chi connectivity index (χ3n) is 3.18. The SMILES string of the molecule is CCCn1c(CCc2cccc(C)c2)nnc1S(=O)(=O)Cl. The number of nitrogens with zero attached hydrogens (tertiary/aromatic N) is 3. The highest BCUT2D eigenvalue weighted by molar-refractivity contribution is 8.13. The first-order chi connectivity index (χ1) is 9.91. The van der Waals surface area contributed by atoms with Crippen molar-refractivity contribution in [3.05, 3.63) is 41.2 Å². The first kappa shape index (κ1) is 16.0. The molecule has 0 radical (unpaired) electrons. The Kier molecular flexibility index (Phi) is 5.00. The maximum absolute atomic E-state index is 11.5. The lowest BCUT2D eigenvalue weighted by atomic mass is 10.1. The van der Waals surface area contributed by atoms with Crippen LogP contribution >= 0.6 is 10.7 Å². The monoisotopic (exact) mass is 327 g/mol. The van der Waals surface area contributed by atoms with Gasteiger partial charge < -0.3 is 4.57 Å². The molecule has 2 rings (SSSR count). The summed E-state index contributed by atoms with van der Waals surface area (Å²) in [4.78, 5) is 0. The Morgan fingerprint density at radius 2 is 2.00 bits per heavy atom. The molecular formula is C14H18ClN3O2S. The number of hydrogen-bond acceptors (Lipinski definition) is 4. The van der Waals surface area contributed by atoms with Crippen LogP contribution in [0.3, 0.4) is 0 Å². The normalized spacial score (nSPS) is 11.8. The van der Waals surface area contributed by atoms with Gasteiger partial charge in [-0.05, 0) is 25.3 Å². The fourth-order valence-electron chi connectivity index (χ4n) is 2.26. The maximum Gasteiger partial charge on any atom is 0.296 e. The van der Waals surface area contributed by atoms with E-state index in [2.05, 4.69) is 16.3 Å². The number of rotatable bonds is 6. The van der Waals surface area contributed by atoms with Gasteiger partial charge in [-0.3, -0.25) is 0 Å². The van der Waals surface area contributed by atoms with Gasteiger partial charge in [0.05, 0.1) is 0 Å². The number of hydrogen-bond donors (Lipinski definition) is 0. The van der Waals surface area contributed by atoms with Gasteiger partial charge in [0, 0.05) is 23.6 Å². The number of halogens is 1. The van der Waals surface area contributed by atoms with Gasteiger partial charge in [0.25, 0.3) is 14.2 Å². The fourth-order valence-corrected chi connectivity index (χ4v) is 3.20. The summed E-state index contributed by atoms with van der Waals surface area (Å²) >= 11 is 0. The molecule has 0 saturated carbocycles. The van der Waals surface area contributed by atoms with Crippen molar-refractivity contribution in [3.63, 3.8) is 0 Å². The molecule has 0 spiro atoms. The van der Waals surface area contributed by atoms with Crippen LogP contribution in [0.15, 0.2) is 29.4 Å². The molecule has 0 N–H and O–H groups in total. The zero-order chi connectivity index (χ0) is 15.5. The number of aryl methyl sites for hydroxylation is 3. The molecule has 0 unspecified atom stereocenters. The van der Waals surface area contributed by atoms with Gasteiger partial charge in [0.2, 0.25) is 0 Å². The van der Waals surface area contributed by atoms with Crippen LogP contribution in [0.4, 0.5) is 0 Å². The van der Waals surface area contributed by atoms with Crippen LogP contribution in [-0.2, 0) is 28.4 Å². The summed E-state index contributed by atoms with van der Waals surface area (Å²) in [6.07, 6.45) is 2.20. The van der Waals surface area contributed by atoms with Gasteiger partial charge in [-0.2, -0.15) is 0 Å². The molecule has 0 amide bonds. The van der Waals surface area contributed by atoms with Gasteiger partial charge in [-0.25, -0.2) is 8.42 Å². The summed E-state index contributed by atoms with van der Waals surface area (Å²) in [5.41, 5.74) is 2.39. The van der Waals surface area contributed by atoms with Crippen molar-refractivity contribution >= 4 is 19.7 Å². The Hall–Kier alpha value is -1.40. The van der Waals surface area contributed by atoms with Crippen LogP contribution in [0, 0.1) is 6.92 Å². The zero-order valence-electron chi connectivity index (χ0n) is 12.1. The molecule has 5 nitrogen and oxygen atoms in total. The highest BCUT2D eigenvalue weighted by atomic mass is 35.7. The van der Waals surface area contributed by atoms with E-state index in [1.54, 1.807) is 4.57 Å². The Morgan fingerprint density at radius 3 is 2.62 bits per heavy atom. The molecule has 0 atom stereocenters. The molecule has 0 aliphatic heterocycles. The number of aromatic nitrogens is 3. The van der Waals surface area contributed by atoms with Gasteiger partial charge >= 0.3 is 0 Å². The van der Waals surface area contributed by atoms with Gasteiger partial charge in [-0.1, -0.05) is 36.8 Å². The zero-order valence-corrected chi connectivity index (χ0v) is 13.7. The minimum Gasteiger partial charge on any atom is -0.301 e. The smallest absolute Gasteiger partial charge is 0.296 e. The molecule has 1 heterocycles. The van der Waals surface area contributed by atoms with Crippen LogP contribution in [0.2, 0.25) is 0 Å². The molecule has 0 bridgehead atoms. The summed E-state index contributed by atoms with van der Waals surface area (Å²) in [5, 5.41) is 7.56. The molecule has 7 heteroatoms. The van der Waals surface area contributed by atoms with Crippen molar-refractivity contribution in [2.45, 2.75) is 44.8 Å². The molecule has 1 aromatic carbocycles. The van der Waals surface area contributed by atoms with Crippen LogP contribution in [0.1, 0.15) is 30.3 Å². The minimum absolute atomic E-state index is 0.162. The summed E-state index contributed by atoms with van der Waals surface area (Å²) in [6, 6.07) is 8.21. The van der Waals surface area contributed by atoms with Crippen molar-refractivity contribution in [2.24, 2.45) is 0 Å². The van der Waals surface area contributed by atoms with Gasteiger partial charge in [-0.15, -0.1) is 10.2 Å². The second-order valence-electron chi connectivity index (χ2n) is 4.98. The molecule has 0 aliphatic rings. The van der Waals surface area contributed by atoms with E-state index < -0.39 is 9.05 Å². The fraction of sp³-hybridized carbons (Fsp3) is 0.429. The second kappa shape index (κ2) is 6.58. The molecule has 0 fully saturated rings. The topological polar surface area (TPSA) is 64.8 Å². The Labute approximate surface area is 129 Å². The van der Waals surface area contributed by atoms with Crippen molar-refractivity contribution in [1.82, 2.24) is 14.8 Å². The van der Waals surface area contributed by atoms with E-state index in [1.807, 2.05) is 32.0 Å². The highest BCUT2D eigenvalue weighted by Gasteiger charge is 2.21. The van der Waals surface area contributed by atoms with E-state index in [0.29, 0.717) is 18.8 Å². The first-order valence-corrected chi connectivity index (χ1v) is 9.15. The van der Waals surface area contributed by atoms with Crippen molar-refractivity contribution in [2.75, 3.05) is 0 Å². The van der Waals surface area contributed by atoms with Crippen LogP contribution in [0.5, 0.6) is 0 Å². The van der Waals surface area contributed by atoms with E-state index in [4.69, 9.17) is 10.7 Å². The standard InChI is InChI=1S/C14H18ClN3O2S/c1-3-9-18-13(16-17-14(18)21(15,19)20)8-7-12-6-4-5-11(2)10-12/h4-6,10H,3,7-9H2,1-2H3. The first-order valence-electron chi connectivity index (χ1n) is 6.84. The van der Waals surface area contributed by atoms with E-state index in [0.717, 1.165) is 12.8 Å². The predicted octanol–water partition coefficient (Wildman–Crippen LogP) is 2.71. The van der Waals surface area contributed by atoms with Crippen molar-refractivity contribution in [3.8, 4) is 0 Å². The Balaban J connectivity index is 2.22. The van der Waals surface area contributed by atoms with E-state index in [9.17, 15) is 8.42 Å². The average molecular weight is 328 g/mol. The van der Waals surface area contributed by atoms with E-state index in [1.165, 1.54) is 11.1 Å². The average Bonchev–Trinajstić information content (AvgIpc) is 2.80. The minimum atomic E-state index is -3.86. The number of benzene rings is 1. The molecule has 1 aromatic heterocycles. The van der Waals surface area contributed by atoms with Crippen molar-refractivity contribution < 1.29 is 8.42 Å². The molecule has 0 saturated heterocycles. The van der Waals surface area contributed by atoms with Gasteiger partial charge in [0.15, 0.2) is 0 Å². The van der Waals surface area contributed by atoms with Crippen molar-refractivity contribution in [1.29, 1.82) is 0 Å². The van der Waals surface area contributed by atoms with Gasteiger partial charge in [0.1, 0.15) is 5.82 Å². The summed E-state index contributed by atoms with van der Waals surface area (Å²) in [7, 11) is 1.54. The summed E-state index contributed by atoms with van der Waals surface area (Å²) in [6.45, 7) is 4.55. The lowest BCUT2D eigenvalue weighted by molar-refractivity contribution is 0.554. The third-order valence-corrected chi connectivity index (χ3v) is 4.33. The lowest BCUT2D eigenvalue weighted by Gasteiger charge is -2.07. The molecule has 114 valence electrons.